The van der Waals surface area contributed by atoms with Gasteiger partial charge in [-0.25, -0.2) is 13.2 Å². The number of nitrogens with zero attached hydrogens (tertiary/aromatic N) is 1. The average molecular weight is 371 g/mol. The summed E-state index contributed by atoms with van der Waals surface area (Å²) in [5.41, 5.74) is 0. The van der Waals surface area contributed by atoms with Crippen LogP contribution in [0.1, 0.15) is 41.8 Å². The quantitative estimate of drug-likeness (QED) is 0.738. The molecule has 0 radical (unpaired) electrons. The molecule has 2 heterocycles. The van der Waals surface area contributed by atoms with Gasteiger partial charge in [-0.2, -0.15) is 0 Å². The molecule has 0 unspecified atom stereocenters. The van der Waals surface area contributed by atoms with Crippen LogP contribution in [-0.4, -0.2) is 55.4 Å². The number of esters is 1. The number of amides is 1. The van der Waals surface area contributed by atoms with Crippen LogP contribution in [0.25, 0.3) is 0 Å². The van der Waals surface area contributed by atoms with E-state index in [1.54, 1.807) is 22.4 Å². The Morgan fingerprint density at radius 1 is 1.21 bits per heavy atom. The predicted octanol–water partition coefficient (Wildman–Crippen LogP) is 1.86. The van der Waals surface area contributed by atoms with Gasteiger partial charge in [0.05, 0.1) is 11.5 Å². The Morgan fingerprint density at radius 2 is 1.96 bits per heavy atom. The normalized spacial score (nSPS) is 23.2. The number of carbonyl (C=O) groups is 2. The number of carbonyl (C=O) groups excluding carboxylic acids is 2. The molecular weight excluding hydrogens is 350 g/mol. The van der Waals surface area contributed by atoms with Gasteiger partial charge in [0, 0.05) is 12.1 Å². The minimum absolute atomic E-state index is 0.0219. The minimum Gasteiger partial charge on any atom is -0.451 e. The van der Waals surface area contributed by atoms with E-state index in [-0.39, 0.29) is 36.1 Å². The van der Waals surface area contributed by atoms with Crippen molar-refractivity contribution in [2.24, 2.45) is 0 Å². The van der Waals surface area contributed by atoms with Crippen LogP contribution in [-0.2, 0) is 19.4 Å². The monoisotopic (exact) mass is 371 g/mol. The lowest BCUT2D eigenvalue weighted by Crippen LogP contribution is -2.48. The van der Waals surface area contributed by atoms with Crippen LogP contribution in [0.15, 0.2) is 17.5 Å². The van der Waals surface area contributed by atoms with Crippen molar-refractivity contribution in [3.05, 3.63) is 22.4 Å². The van der Waals surface area contributed by atoms with Gasteiger partial charge in [0.25, 0.3) is 5.91 Å². The van der Waals surface area contributed by atoms with Crippen molar-refractivity contribution in [2.75, 3.05) is 18.1 Å². The highest BCUT2D eigenvalue weighted by molar-refractivity contribution is 7.91. The van der Waals surface area contributed by atoms with E-state index in [9.17, 15) is 18.0 Å². The zero-order chi connectivity index (χ0) is 17.2. The van der Waals surface area contributed by atoms with Crippen molar-refractivity contribution < 1.29 is 22.7 Å². The molecule has 1 aliphatic heterocycles. The number of rotatable bonds is 5. The van der Waals surface area contributed by atoms with Crippen molar-refractivity contribution in [2.45, 2.75) is 44.2 Å². The molecule has 2 fully saturated rings. The Kier molecular flexibility index (Phi) is 5.24. The number of thiophene rings is 1. The predicted molar refractivity (Wildman–Crippen MR) is 90.8 cm³/mol. The number of sulfone groups is 1. The minimum atomic E-state index is -3.07. The second-order valence-corrected chi connectivity index (χ2v) is 9.53. The lowest BCUT2D eigenvalue weighted by Gasteiger charge is -2.33. The highest BCUT2D eigenvalue weighted by atomic mass is 32.2. The number of hydrogen-bond donors (Lipinski definition) is 0. The summed E-state index contributed by atoms with van der Waals surface area (Å²) in [6, 6.07) is 3.18. The molecule has 24 heavy (non-hydrogen) atoms. The van der Waals surface area contributed by atoms with Crippen molar-refractivity contribution in [3.63, 3.8) is 0 Å². The Bertz CT molecular complexity index is 692. The molecule has 2 aliphatic rings. The summed E-state index contributed by atoms with van der Waals surface area (Å²) in [7, 11) is -3.07. The zero-order valence-corrected chi connectivity index (χ0v) is 15.0. The maximum atomic E-state index is 12.7. The molecule has 0 aromatic carbocycles. The van der Waals surface area contributed by atoms with Crippen LogP contribution >= 0.6 is 11.3 Å². The van der Waals surface area contributed by atoms with E-state index in [4.69, 9.17) is 4.74 Å². The second kappa shape index (κ2) is 7.23. The Morgan fingerprint density at radius 3 is 2.54 bits per heavy atom. The van der Waals surface area contributed by atoms with Crippen LogP contribution in [0.2, 0.25) is 0 Å². The maximum absolute atomic E-state index is 12.7. The van der Waals surface area contributed by atoms with Gasteiger partial charge in [-0.3, -0.25) is 4.79 Å². The fraction of sp³-hybridized carbons (Fsp3) is 0.625. The third kappa shape index (κ3) is 3.97. The van der Waals surface area contributed by atoms with Crippen LogP contribution in [0, 0.1) is 0 Å². The molecule has 0 bridgehead atoms. The van der Waals surface area contributed by atoms with Crippen molar-refractivity contribution in [1.29, 1.82) is 0 Å². The summed E-state index contributed by atoms with van der Waals surface area (Å²) < 4.78 is 28.7. The van der Waals surface area contributed by atoms with E-state index in [1.807, 2.05) is 0 Å². The van der Waals surface area contributed by atoms with Gasteiger partial charge in [-0.1, -0.05) is 18.9 Å². The van der Waals surface area contributed by atoms with E-state index in [2.05, 4.69) is 0 Å². The molecule has 132 valence electrons. The standard InChI is InChI=1S/C16H21NO5S2/c18-15(10-22-16(19)14-6-3-8-23-14)17(12-4-1-2-5-12)13-7-9-24(20,21)11-13/h3,6,8,12-13H,1-2,4-5,7,9-11H2/t13-/m0/s1. The molecular formula is C16H21NO5S2. The first kappa shape index (κ1) is 17.4. The fourth-order valence-corrected chi connectivity index (χ4v) is 5.88. The largest absolute Gasteiger partial charge is 0.451 e. The fourth-order valence-electron chi connectivity index (χ4n) is 3.55. The van der Waals surface area contributed by atoms with E-state index >= 15 is 0 Å². The van der Waals surface area contributed by atoms with Gasteiger partial charge in [-0.05, 0) is 30.7 Å². The molecule has 1 aromatic heterocycles. The topological polar surface area (TPSA) is 80.8 Å². The Hall–Kier alpha value is -1.41. The molecule has 0 spiro atoms. The smallest absolute Gasteiger partial charge is 0.348 e. The van der Waals surface area contributed by atoms with Gasteiger partial charge in [0.1, 0.15) is 4.88 Å². The first-order valence-corrected chi connectivity index (χ1v) is 10.9. The third-order valence-corrected chi connectivity index (χ3v) is 7.26. The molecule has 1 atom stereocenters. The van der Waals surface area contributed by atoms with E-state index in [0.29, 0.717) is 11.3 Å². The van der Waals surface area contributed by atoms with Crippen LogP contribution in [0.5, 0.6) is 0 Å². The molecule has 1 saturated heterocycles. The SMILES string of the molecule is O=C(OCC(=O)N(C1CCCC1)[C@H]1CCS(=O)(=O)C1)c1cccs1. The lowest BCUT2D eigenvalue weighted by molar-refractivity contribution is -0.139. The summed E-state index contributed by atoms with van der Waals surface area (Å²) in [5, 5.41) is 1.77. The lowest BCUT2D eigenvalue weighted by atomic mass is 10.1. The van der Waals surface area contributed by atoms with Crippen molar-refractivity contribution in [1.82, 2.24) is 4.90 Å². The zero-order valence-electron chi connectivity index (χ0n) is 13.3. The summed E-state index contributed by atoms with van der Waals surface area (Å²) >= 11 is 1.26. The van der Waals surface area contributed by atoms with Gasteiger partial charge in [0.15, 0.2) is 16.4 Å². The van der Waals surface area contributed by atoms with Crippen LogP contribution < -0.4 is 0 Å². The molecule has 1 amide bonds. The third-order valence-electron chi connectivity index (χ3n) is 4.66. The van der Waals surface area contributed by atoms with Gasteiger partial charge in [0.2, 0.25) is 0 Å². The van der Waals surface area contributed by atoms with E-state index < -0.39 is 15.8 Å². The molecule has 1 aliphatic carbocycles. The van der Waals surface area contributed by atoms with Gasteiger partial charge >= 0.3 is 5.97 Å². The van der Waals surface area contributed by atoms with Crippen molar-refractivity contribution >= 4 is 33.1 Å². The highest BCUT2D eigenvalue weighted by Crippen LogP contribution is 2.29. The Balaban J connectivity index is 1.66. The molecule has 3 rings (SSSR count). The number of ether oxygens (including phenoxy) is 1. The van der Waals surface area contributed by atoms with E-state index in [1.165, 1.54) is 11.3 Å². The summed E-state index contributed by atoms with van der Waals surface area (Å²) in [4.78, 5) is 26.7. The van der Waals surface area contributed by atoms with Gasteiger partial charge < -0.3 is 9.64 Å². The Labute approximate surface area is 145 Å². The van der Waals surface area contributed by atoms with Crippen LogP contribution in [0.4, 0.5) is 0 Å². The number of hydrogen-bond acceptors (Lipinski definition) is 6. The summed E-state index contributed by atoms with van der Waals surface area (Å²) in [6.07, 6.45) is 4.34. The molecule has 6 nitrogen and oxygen atoms in total. The molecule has 1 aromatic rings. The molecule has 1 saturated carbocycles. The molecule has 8 heteroatoms. The summed E-state index contributed by atoms with van der Waals surface area (Å²) in [5.74, 6) is -0.644. The highest BCUT2D eigenvalue weighted by Gasteiger charge is 2.39. The van der Waals surface area contributed by atoms with E-state index in [0.717, 1.165) is 25.7 Å². The summed E-state index contributed by atoms with van der Waals surface area (Å²) in [6.45, 7) is -0.330. The first-order valence-electron chi connectivity index (χ1n) is 8.18. The maximum Gasteiger partial charge on any atom is 0.348 e. The van der Waals surface area contributed by atoms with Crippen LogP contribution in [0.3, 0.4) is 0 Å². The first-order chi connectivity index (χ1) is 11.5. The van der Waals surface area contributed by atoms with Crippen molar-refractivity contribution in [3.8, 4) is 0 Å². The average Bonchev–Trinajstić information content (AvgIpc) is 3.26. The molecule has 0 N–H and O–H groups in total. The second-order valence-electron chi connectivity index (χ2n) is 6.35. The van der Waals surface area contributed by atoms with Gasteiger partial charge in [-0.15, -0.1) is 11.3 Å².